The van der Waals surface area contributed by atoms with E-state index >= 15 is 0 Å². The van der Waals surface area contributed by atoms with Crippen LogP contribution in [0.2, 0.25) is 0 Å². The van der Waals surface area contributed by atoms with E-state index in [1.54, 1.807) is 6.42 Å². The van der Waals surface area contributed by atoms with Crippen molar-refractivity contribution in [2.45, 2.75) is 18.4 Å². The Labute approximate surface area is 225 Å². The first-order valence-corrected chi connectivity index (χ1v) is 15.3. The first kappa shape index (κ1) is 20.8. The summed E-state index contributed by atoms with van der Waals surface area (Å²) in [6.45, 7) is 0. The van der Waals surface area contributed by atoms with E-state index in [0.717, 1.165) is 65.1 Å². The molecule has 0 amide bonds. The molecule has 0 saturated heterocycles. The number of benzene rings is 3. The molecule has 0 radical (unpaired) electrons. The van der Waals surface area contributed by atoms with Crippen LogP contribution in [0.4, 0.5) is 0 Å². The van der Waals surface area contributed by atoms with Crippen molar-refractivity contribution in [3.05, 3.63) is 91.0 Å². The quantitative estimate of drug-likeness (QED) is 0.329. The molecule has 11 rings (SSSR count). The van der Waals surface area contributed by atoms with E-state index < -0.39 is 7.49 Å². The van der Waals surface area contributed by atoms with Gasteiger partial charge in [0.25, 0.3) is 0 Å². The summed E-state index contributed by atoms with van der Waals surface area (Å²) in [4.78, 5) is 0. The van der Waals surface area contributed by atoms with Crippen LogP contribution in [0.5, 0.6) is 0 Å². The smallest absolute Gasteiger partial charge is 0.243 e. The van der Waals surface area contributed by atoms with Crippen LogP contribution >= 0.6 is 7.49 Å². The van der Waals surface area contributed by atoms with Crippen molar-refractivity contribution in [3.63, 3.8) is 0 Å². The maximum atomic E-state index is 8.26. The first-order valence-electron chi connectivity index (χ1n) is 13.6. The lowest BCUT2D eigenvalue weighted by molar-refractivity contribution is -0.0200. The standard InChI is InChI=1S/C32H30OP.HI/c1-4-10-18(11-5-1)34(19-12-6-2-7-13-19,20-14-8-3-9-15-20)33-32-24-17-23-26-25-21-16-22(28(25)31(23)32)30(32)27(21)29(24)26;/h1-15,21-31H,16-17H2;1H/q+1;/p-1/t21-,22-,23+,24-,25-,26-,27+,28-,29-,30+,31+,32-;/m1./s1. The molecule has 3 heteroatoms. The summed E-state index contributed by atoms with van der Waals surface area (Å²) in [6.07, 6.45) is 3.03. The molecule has 12 atom stereocenters. The van der Waals surface area contributed by atoms with Crippen molar-refractivity contribution in [1.82, 2.24) is 0 Å². The highest BCUT2D eigenvalue weighted by Gasteiger charge is 2.95. The molecule has 0 aliphatic heterocycles. The van der Waals surface area contributed by atoms with Crippen LogP contribution in [0.15, 0.2) is 91.0 Å². The highest BCUT2D eigenvalue weighted by Crippen LogP contribution is 2.95. The summed E-state index contributed by atoms with van der Waals surface area (Å²) >= 11 is 0. The predicted octanol–water partition coefficient (Wildman–Crippen LogP) is 2.31. The highest BCUT2D eigenvalue weighted by atomic mass is 127. The van der Waals surface area contributed by atoms with Gasteiger partial charge >= 0.3 is 0 Å². The topological polar surface area (TPSA) is 9.23 Å². The van der Waals surface area contributed by atoms with Gasteiger partial charge < -0.3 is 24.0 Å². The van der Waals surface area contributed by atoms with E-state index in [-0.39, 0.29) is 29.6 Å². The van der Waals surface area contributed by atoms with Gasteiger partial charge in [-0.3, -0.25) is 0 Å². The van der Waals surface area contributed by atoms with Gasteiger partial charge in [0, 0.05) is 0 Å². The van der Waals surface area contributed by atoms with Crippen LogP contribution in [-0.4, -0.2) is 5.60 Å². The molecule has 8 saturated carbocycles. The molecule has 1 nitrogen and oxygen atoms in total. The van der Waals surface area contributed by atoms with Crippen LogP contribution < -0.4 is 39.9 Å². The van der Waals surface area contributed by atoms with Gasteiger partial charge in [-0.15, -0.1) is 0 Å². The largest absolute Gasteiger partial charge is 1.00 e. The lowest BCUT2D eigenvalue weighted by Crippen LogP contribution is -3.00. The van der Waals surface area contributed by atoms with Crippen LogP contribution in [-0.2, 0) is 4.52 Å². The molecule has 3 aromatic rings. The van der Waals surface area contributed by atoms with E-state index in [2.05, 4.69) is 91.0 Å². The van der Waals surface area contributed by atoms with Crippen LogP contribution in [0, 0.1) is 65.1 Å². The average molecular weight is 588 g/mol. The highest BCUT2D eigenvalue weighted by molar-refractivity contribution is 7.91. The molecule has 4 bridgehead atoms. The molecule has 8 fully saturated rings. The van der Waals surface area contributed by atoms with Gasteiger partial charge in [0.05, 0.1) is 0 Å². The molecule has 0 unspecified atom stereocenters. The third-order valence-corrected chi connectivity index (χ3v) is 16.0. The fourth-order valence-corrected chi connectivity index (χ4v) is 16.3. The van der Waals surface area contributed by atoms with Crippen molar-refractivity contribution in [3.8, 4) is 0 Å². The summed E-state index contributed by atoms with van der Waals surface area (Å²) in [6, 6.07) is 34.1. The Morgan fingerprint density at radius 1 is 0.543 bits per heavy atom. The number of halogens is 1. The van der Waals surface area contributed by atoms with E-state index in [9.17, 15) is 0 Å². The molecular weight excluding hydrogens is 558 g/mol. The number of hydrogen-bond donors (Lipinski definition) is 0. The van der Waals surface area contributed by atoms with E-state index in [1.165, 1.54) is 22.3 Å². The zero-order valence-corrected chi connectivity index (χ0v) is 22.7. The second-order valence-electron chi connectivity index (χ2n) is 12.6. The van der Waals surface area contributed by atoms with E-state index in [4.69, 9.17) is 4.52 Å². The summed E-state index contributed by atoms with van der Waals surface area (Å²) in [7, 11) is -2.25. The zero-order valence-electron chi connectivity index (χ0n) is 19.7. The third-order valence-electron chi connectivity index (χ3n) is 12.3. The van der Waals surface area contributed by atoms with Crippen LogP contribution in [0.3, 0.4) is 0 Å². The van der Waals surface area contributed by atoms with E-state index in [0.29, 0.717) is 0 Å². The van der Waals surface area contributed by atoms with Crippen molar-refractivity contribution in [2.75, 3.05) is 0 Å². The molecule has 0 spiro atoms. The molecule has 0 N–H and O–H groups in total. The van der Waals surface area contributed by atoms with Gasteiger partial charge in [-0.25, -0.2) is 4.52 Å². The third kappa shape index (κ3) is 1.99. The molecule has 35 heavy (non-hydrogen) atoms. The monoisotopic (exact) mass is 588 g/mol. The number of rotatable bonds is 5. The van der Waals surface area contributed by atoms with Crippen molar-refractivity contribution in [2.24, 2.45) is 65.1 Å². The van der Waals surface area contributed by atoms with Crippen LogP contribution in [0.1, 0.15) is 12.8 Å². The lowest BCUT2D eigenvalue weighted by Gasteiger charge is -2.42. The SMILES string of the molecule is [I-].c1ccc([P+](O[C@]23[C@H]4[C@H]5C[C@@H]2[C@@H]2[C@H]5[C@H]5[C@H]6C[C@H]([C@H]54)[C@H]3[C@@H]62)(c2ccccc2)c2ccccc2)cc1. The van der Waals surface area contributed by atoms with Gasteiger partial charge in [-0.2, -0.15) is 0 Å². The lowest BCUT2D eigenvalue weighted by atomic mass is 9.76. The Morgan fingerprint density at radius 3 is 1.54 bits per heavy atom. The molecule has 176 valence electrons. The summed E-state index contributed by atoms with van der Waals surface area (Å²) in [5.41, 5.74) is 0.140. The van der Waals surface area contributed by atoms with Gasteiger partial charge in [0.2, 0.25) is 7.49 Å². The van der Waals surface area contributed by atoms with Gasteiger partial charge in [-0.05, 0) is 114 Å². The van der Waals surface area contributed by atoms with Crippen molar-refractivity contribution >= 4 is 23.4 Å². The Hall–Kier alpha value is -1.22. The second kappa shape index (κ2) is 6.61. The molecule has 3 aromatic carbocycles. The number of hydrogen-bond acceptors (Lipinski definition) is 1. The Bertz CT molecular complexity index is 1220. The molecule has 8 aliphatic carbocycles. The van der Waals surface area contributed by atoms with Crippen molar-refractivity contribution < 1.29 is 28.5 Å². The van der Waals surface area contributed by atoms with Gasteiger partial charge in [0.15, 0.2) is 0 Å². The summed E-state index contributed by atoms with van der Waals surface area (Å²) < 4.78 is 8.26. The minimum Gasteiger partial charge on any atom is -1.00 e. The Balaban J connectivity index is 0.00000185. The Morgan fingerprint density at radius 2 is 1.00 bits per heavy atom. The Kier molecular flexibility index (Phi) is 3.93. The van der Waals surface area contributed by atoms with Crippen molar-refractivity contribution in [1.29, 1.82) is 0 Å². The maximum absolute atomic E-state index is 8.26. The van der Waals surface area contributed by atoms with E-state index in [1.807, 2.05) is 0 Å². The molecule has 0 heterocycles. The maximum Gasteiger partial charge on any atom is 0.243 e. The summed E-state index contributed by atoms with van der Waals surface area (Å²) in [5, 5.41) is 4.21. The van der Waals surface area contributed by atoms with Crippen LogP contribution in [0.25, 0.3) is 0 Å². The minimum absolute atomic E-state index is 0. The molecule has 8 aliphatic rings. The summed E-state index contributed by atoms with van der Waals surface area (Å²) in [5.74, 6) is 10.8. The fraction of sp³-hybridized carbons (Fsp3) is 0.438. The zero-order chi connectivity index (χ0) is 21.8. The molecule has 0 aromatic heterocycles. The average Bonchev–Trinajstić information content (AvgIpc) is 3.70. The first-order chi connectivity index (χ1) is 16.9. The van der Waals surface area contributed by atoms with Gasteiger partial charge in [-0.1, -0.05) is 54.6 Å². The predicted molar refractivity (Wildman–Crippen MR) is 137 cm³/mol. The normalized spacial score (nSPS) is 47.5. The minimum atomic E-state index is -2.25. The molecular formula is C32H30IOP. The fourth-order valence-electron chi connectivity index (χ4n) is 12.4. The second-order valence-corrected chi connectivity index (χ2v) is 15.5. The van der Waals surface area contributed by atoms with Gasteiger partial charge in [0.1, 0.15) is 21.5 Å².